The molecule has 0 aliphatic carbocycles. The number of carbonyl (C=O) groups excluding carboxylic acids is 1. The van der Waals surface area contributed by atoms with Crippen LogP contribution >= 0.6 is 0 Å². The molecule has 2 heterocycles. The van der Waals surface area contributed by atoms with Crippen molar-refractivity contribution >= 4 is 29.2 Å². The zero-order valence-corrected chi connectivity index (χ0v) is 16.0. The molecule has 10 heteroatoms. The largest absolute Gasteiger partial charge is 0.478 e. The lowest BCUT2D eigenvalue weighted by atomic mass is 9.80. The van der Waals surface area contributed by atoms with E-state index in [0.717, 1.165) is 6.21 Å². The van der Waals surface area contributed by atoms with Gasteiger partial charge in [-0.15, -0.1) is 0 Å². The number of fused-ring (bicyclic) bond motifs is 1. The highest BCUT2D eigenvalue weighted by molar-refractivity contribution is 6.04. The second-order valence-electron chi connectivity index (χ2n) is 6.95. The zero-order valence-electron chi connectivity index (χ0n) is 16.0. The van der Waals surface area contributed by atoms with Gasteiger partial charge >= 0.3 is 11.9 Å². The highest BCUT2D eigenvalue weighted by Crippen LogP contribution is 2.40. The van der Waals surface area contributed by atoms with Gasteiger partial charge in [-0.2, -0.15) is 0 Å². The lowest BCUT2D eigenvalue weighted by molar-refractivity contribution is -0.140. The molecule has 1 aromatic carbocycles. The van der Waals surface area contributed by atoms with Crippen LogP contribution in [-0.4, -0.2) is 45.4 Å². The predicted molar refractivity (Wildman–Crippen MR) is 101 cm³/mol. The minimum Gasteiger partial charge on any atom is -0.478 e. The Morgan fingerprint density at radius 2 is 2.10 bits per heavy atom. The number of ether oxygens (including phenoxy) is 1. The van der Waals surface area contributed by atoms with E-state index in [1.165, 1.54) is 0 Å². The van der Waals surface area contributed by atoms with Gasteiger partial charge in [0.25, 0.3) is 0 Å². The van der Waals surface area contributed by atoms with Crippen molar-refractivity contribution in [2.45, 2.75) is 26.7 Å². The Morgan fingerprint density at radius 3 is 2.76 bits per heavy atom. The predicted octanol–water partition coefficient (Wildman–Crippen LogP) is 2.18. The summed E-state index contributed by atoms with van der Waals surface area (Å²) >= 11 is 0. The number of dihydropyridines is 1. The molecule has 0 amide bonds. The lowest BCUT2D eigenvalue weighted by Crippen LogP contribution is -2.33. The van der Waals surface area contributed by atoms with E-state index in [1.807, 2.05) is 13.8 Å². The number of carboxylic acids is 1. The second-order valence-corrected chi connectivity index (χ2v) is 6.95. The van der Waals surface area contributed by atoms with Crippen molar-refractivity contribution in [1.29, 1.82) is 0 Å². The number of allylic oxidation sites excluding steroid dienone is 2. The van der Waals surface area contributed by atoms with E-state index in [0.29, 0.717) is 22.3 Å². The first-order valence-electron chi connectivity index (χ1n) is 8.86. The van der Waals surface area contributed by atoms with Crippen LogP contribution < -0.4 is 5.32 Å². The Labute approximate surface area is 165 Å². The van der Waals surface area contributed by atoms with Crippen LogP contribution in [0.25, 0.3) is 11.0 Å². The molecule has 3 rings (SSSR count). The van der Waals surface area contributed by atoms with Gasteiger partial charge in [0.05, 0.1) is 35.6 Å². The number of nitrogens with zero attached hydrogens (tertiary/aromatic N) is 3. The second kappa shape index (κ2) is 8.13. The van der Waals surface area contributed by atoms with Crippen LogP contribution in [0.5, 0.6) is 0 Å². The number of aliphatic carboxylic acids is 1. The molecule has 0 radical (unpaired) electrons. The van der Waals surface area contributed by atoms with Crippen molar-refractivity contribution < 1.29 is 29.3 Å². The molecule has 29 heavy (non-hydrogen) atoms. The maximum Gasteiger partial charge on any atom is 0.336 e. The molecular weight excluding hydrogens is 380 g/mol. The normalized spacial score (nSPS) is 17.3. The third-order valence-electron chi connectivity index (χ3n) is 4.41. The summed E-state index contributed by atoms with van der Waals surface area (Å²) in [5.74, 6) is -2.89. The Balaban J connectivity index is 2.24. The van der Waals surface area contributed by atoms with Gasteiger partial charge in [-0.05, 0) is 34.8 Å². The monoisotopic (exact) mass is 400 g/mol. The minimum atomic E-state index is -1.30. The van der Waals surface area contributed by atoms with E-state index in [4.69, 9.17) is 14.6 Å². The first kappa shape index (κ1) is 20.1. The van der Waals surface area contributed by atoms with Crippen molar-refractivity contribution in [2.75, 3.05) is 6.61 Å². The summed E-state index contributed by atoms with van der Waals surface area (Å²) in [6.45, 7) is 5.58. The van der Waals surface area contributed by atoms with Gasteiger partial charge < -0.3 is 20.4 Å². The standard InChI is InChI=1S/C19H20N4O6/c1-9(2)8-28-19(26)14-10(3)21-13(7-20-27)16(18(24)25)15(14)11-5-4-6-12-17(11)23-29-22-12/h4-7,9,15,21,27H,8H2,1-3H3,(H,24,25). The Hall–Kier alpha value is -3.69. The smallest absolute Gasteiger partial charge is 0.336 e. The summed E-state index contributed by atoms with van der Waals surface area (Å²) in [7, 11) is 0. The fraction of sp³-hybridized carbons (Fsp3) is 0.316. The van der Waals surface area contributed by atoms with Crippen LogP contribution in [-0.2, 0) is 14.3 Å². The molecular formula is C19H20N4O6. The van der Waals surface area contributed by atoms with Crippen LogP contribution in [0, 0.1) is 5.92 Å². The van der Waals surface area contributed by atoms with Gasteiger partial charge in [0.15, 0.2) is 0 Å². The summed E-state index contributed by atoms with van der Waals surface area (Å²) in [6.07, 6.45) is 0.970. The fourth-order valence-corrected chi connectivity index (χ4v) is 3.21. The summed E-state index contributed by atoms with van der Waals surface area (Å²) in [6, 6.07) is 4.96. The van der Waals surface area contributed by atoms with Crippen LogP contribution in [0.3, 0.4) is 0 Å². The number of carbonyl (C=O) groups is 2. The van der Waals surface area contributed by atoms with Crippen molar-refractivity contribution in [2.24, 2.45) is 11.1 Å². The molecule has 1 aliphatic heterocycles. The maximum atomic E-state index is 12.9. The summed E-state index contributed by atoms with van der Waals surface area (Å²) < 4.78 is 10.2. The first-order valence-corrected chi connectivity index (χ1v) is 8.86. The van der Waals surface area contributed by atoms with Crippen LogP contribution in [0.4, 0.5) is 0 Å². The molecule has 0 saturated carbocycles. The topological polar surface area (TPSA) is 147 Å². The average Bonchev–Trinajstić information content (AvgIpc) is 3.14. The number of benzene rings is 1. The third-order valence-corrected chi connectivity index (χ3v) is 4.41. The molecule has 2 aromatic rings. The number of hydrogen-bond acceptors (Lipinski definition) is 9. The number of aromatic nitrogens is 2. The molecule has 3 N–H and O–H groups in total. The van der Waals surface area contributed by atoms with Crippen molar-refractivity contribution in [1.82, 2.24) is 15.6 Å². The number of oxime groups is 1. The van der Waals surface area contributed by atoms with E-state index in [1.54, 1.807) is 25.1 Å². The molecule has 0 bridgehead atoms. The minimum absolute atomic E-state index is 0.0383. The molecule has 1 aromatic heterocycles. The van der Waals surface area contributed by atoms with E-state index in [-0.39, 0.29) is 29.4 Å². The van der Waals surface area contributed by atoms with E-state index >= 15 is 0 Å². The third kappa shape index (κ3) is 3.82. The van der Waals surface area contributed by atoms with Gasteiger partial charge in [-0.3, -0.25) is 0 Å². The highest BCUT2D eigenvalue weighted by atomic mass is 16.6. The molecule has 1 aliphatic rings. The van der Waals surface area contributed by atoms with Crippen LogP contribution in [0.15, 0.2) is 50.5 Å². The number of esters is 1. The maximum absolute atomic E-state index is 12.9. The molecule has 0 fully saturated rings. The van der Waals surface area contributed by atoms with Crippen LogP contribution in [0.1, 0.15) is 32.3 Å². The molecule has 0 saturated heterocycles. The summed E-state index contributed by atoms with van der Waals surface area (Å²) in [5, 5.41) is 32.3. The summed E-state index contributed by atoms with van der Waals surface area (Å²) in [5.41, 5.74) is 1.47. The lowest BCUT2D eigenvalue weighted by Gasteiger charge is -2.29. The van der Waals surface area contributed by atoms with Gasteiger partial charge in [0, 0.05) is 5.70 Å². The number of hydrogen-bond donors (Lipinski definition) is 3. The van der Waals surface area contributed by atoms with E-state index in [9.17, 15) is 14.7 Å². The van der Waals surface area contributed by atoms with Gasteiger partial charge in [-0.25, -0.2) is 14.2 Å². The fourth-order valence-electron chi connectivity index (χ4n) is 3.21. The zero-order chi connectivity index (χ0) is 21.1. The number of carboxylic acid groups (broad SMARTS) is 1. The molecule has 10 nitrogen and oxygen atoms in total. The Kier molecular flexibility index (Phi) is 5.62. The summed E-state index contributed by atoms with van der Waals surface area (Å²) in [4.78, 5) is 25.1. The SMILES string of the molecule is CC1=C(C(=O)OCC(C)C)C(c2cccc3nonc23)C(C(=O)O)=C(C=NO)N1. The van der Waals surface area contributed by atoms with Crippen molar-refractivity contribution in [3.05, 3.63) is 46.3 Å². The van der Waals surface area contributed by atoms with Gasteiger partial charge in [0.2, 0.25) is 0 Å². The quantitative estimate of drug-likeness (QED) is 0.287. The number of rotatable bonds is 6. The van der Waals surface area contributed by atoms with Crippen LogP contribution in [0.2, 0.25) is 0 Å². The molecule has 152 valence electrons. The van der Waals surface area contributed by atoms with Crippen molar-refractivity contribution in [3.8, 4) is 0 Å². The molecule has 1 unspecified atom stereocenters. The first-order chi connectivity index (χ1) is 13.8. The Bertz CT molecular complexity index is 1050. The van der Waals surface area contributed by atoms with Crippen molar-refractivity contribution in [3.63, 3.8) is 0 Å². The Morgan fingerprint density at radius 1 is 1.34 bits per heavy atom. The highest BCUT2D eigenvalue weighted by Gasteiger charge is 2.39. The van der Waals surface area contributed by atoms with Gasteiger partial charge in [-0.1, -0.05) is 31.1 Å². The molecule has 1 atom stereocenters. The molecule has 0 spiro atoms. The van der Waals surface area contributed by atoms with Gasteiger partial charge in [0.1, 0.15) is 11.0 Å². The van der Waals surface area contributed by atoms with E-state index in [2.05, 4.69) is 20.8 Å². The van der Waals surface area contributed by atoms with E-state index < -0.39 is 17.9 Å². The average molecular weight is 400 g/mol. The number of nitrogens with one attached hydrogen (secondary N) is 1.